The van der Waals surface area contributed by atoms with Crippen LogP contribution in [0.2, 0.25) is 0 Å². The molecule has 2 aromatic rings. The third-order valence-corrected chi connectivity index (χ3v) is 3.39. The molecule has 0 aliphatic carbocycles. The number of ketones is 1. The van der Waals surface area contributed by atoms with Gasteiger partial charge < -0.3 is 5.73 Å². The van der Waals surface area contributed by atoms with E-state index in [4.69, 9.17) is 5.73 Å². The molecule has 0 fully saturated rings. The number of carbonyl (C=O) groups is 1. The molecular weight excluding hydrogens is 410 g/mol. The molecule has 0 radical (unpaired) electrons. The number of rotatable bonds is 4. The van der Waals surface area contributed by atoms with Gasteiger partial charge in [0.05, 0.1) is 5.69 Å². The Morgan fingerprint density at radius 1 is 1.09 bits per heavy atom. The zero-order valence-electron chi connectivity index (χ0n) is 12.6. The van der Waals surface area contributed by atoms with Gasteiger partial charge in [-0.3, -0.25) is 14.8 Å². The molecule has 0 bridgehead atoms. The third kappa shape index (κ3) is 8.24. The van der Waals surface area contributed by atoms with Crippen LogP contribution in [0.15, 0.2) is 45.9 Å². The summed E-state index contributed by atoms with van der Waals surface area (Å²) in [5.41, 5.74) is 7.02. The standard InChI is InChI=1S/C11H14BrNO.C5H5BrN2/c1-8(2)3-11(14)5-9-4-10(12)7-13-6-9;6-4-1-5(7)3-8-2-4/h4,6-8H,3,5H2,1-2H3;1-3H,7H2. The molecular formula is C16H19Br2N3O. The maximum atomic E-state index is 11.5. The van der Waals surface area contributed by atoms with E-state index in [-0.39, 0.29) is 5.78 Å². The van der Waals surface area contributed by atoms with Crippen LogP contribution in [0.4, 0.5) is 5.69 Å². The van der Waals surface area contributed by atoms with Crippen LogP contribution in [0, 0.1) is 5.92 Å². The average Bonchev–Trinajstić information content (AvgIpc) is 2.37. The van der Waals surface area contributed by atoms with Gasteiger partial charge in [0.1, 0.15) is 5.78 Å². The molecule has 0 amide bonds. The van der Waals surface area contributed by atoms with E-state index < -0.39 is 0 Å². The molecule has 0 aliphatic rings. The summed E-state index contributed by atoms with van der Waals surface area (Å²) in [4.78, 5) is 19.3. The number of aromatic nitrogens is 2. The lowest BCUT2D eigenvalue weighted by atomic mass is 10.0. The van der Waals surface area contributed by atoms with E-state index in [1.807, 2.05) is 6.07 Å². The number of anilines is 1. The van der Waals surface area contributed by atoms with Crippen LogP contribution >= 0.6 is 31.9 Å². The second-order valence-corrected chi connectivity index (χ2v) is 7.09. The summed E-state index contributed by atoms with van der Waals surface area (Å²) in [5, 5.41) is 0. The number of nitrogens with zero attached hydrogens (tertiary/aromatic N) is 2. The van der Waals surface area contributed by atoms with Crippen molar-refractivity contribution in [3.05, 3.63) is 51.4 Å². The van der Waals surface area contributed by atoms with E-state index >= 15 is 0 Å². The Morgan fingerprint density at radius 2 is 1.68 bits per heavy atom. The fourth-order valence-corrected chi connectivity index (χ4v) is 2.53. The van der Waals surface area contributed by atoms with Crippen molar-refractivity contribution < 1.29 is 4.79 Å². The highest BCUT2D eigenvalue weighted by Crippen LogP contribution is 2.12. The van der Waals surface area contributed by atoms with Crippen molar-refractivity contribution in [1.29, 1.82) is 0 Å². The van der Waals surface area contributed by atoms with Crippen molar-refractivity contribution in [2.75, 3.05) is 5.73 Å². The SMILES string of the molecule is CC(C)CC(=O)Cc1cncc(Br)c1.Nc1cncc(Br)c1. The minimum absolute atomic E-state index is 0.278. The maximum absolute atomic E-state index is 11.5. The molecule has 0 saturated carbocycles. The van der Waals surface area contributed by atoms with Gasteiger partial charge in [0.25, 0.3) is 0 Å². The van der Waals surface area contributed by atoms with Crippen LogP contribution in [-0.2, 0) is 11.2 Å². The molecule has 118 valence electrons. The highest BCUT2D eigenvalue weighted by molar-refractivity contribution is 9.10. The van der Waals surface area contributed by atoms with Crippen LogP contribution in [0.5, 0.6) is 0 Å². The lowest BCUT2D eigenvalue weighted by Gasteiger charge is -2.03. The first-order chi connectivity index (χ1) is 10.4. The molecule has 2 aromatic heterocycles. The highest BCUT2D eigenvalue weighted by atomic mass is 79.9. The lowest BCUT2D eigenvalue weighted by Crippen LogP contribution is -2.06. The molecule has 0 saturated heterocycles. The zero-order valence-corrected chi connectivity index (χ0v) is 15.8. The number of hydrogen-bond acceptors (Lipinski definition) is 4. The van der Waals surface area contributed by atoms with E-state index in [0.717, 1.165) is 14.5 Å². The highest BCUT2D eigenvalue weighted by Gasteiger charge is 2.06. The first-order valence-electron chi connectivity index (χ1n) is 6.84. The van der Waals surface area contributed by atoms with Crippen molar-refractivity contribution in [2.45, 2.75) is 26.7 Å². The first kappa shape index (κ1) is 18.8. The summed E-state index contributed by atoms with van der Waals surface area (Å²) >= 11 is 6.55. The number of Topliss-reactive ketones (excluding diaryl/α,β-unsaturated/α-hetero) is 1. The van der Waals surface area contributed by atoms with Crippen LogP contribution in [-0.4, -0.2) is 15.8 Å². The summed E-state index contributed by atoms with van der Waals surface area (Å²) in [6.45, 7) is 4.11. The largest absolute Gasteiger partial charge is 0.397 e. The van der Waals surface area contributed by atoms with Crippen molar-refractivity contribution in [3.63, 3.8) is 0 Å². The summed E-state index contributed by atoms with van der Waals surface area (Å²) in [7, 11) is 0. The van der Waals surface area contributed by atoms with Crippen LogP contribution in [0.1, 0.15) is 25.8 Å². The molecule has 22 heavy (non-hydrogen) atoms. The van der Waals surface area contributed by atoms with Gasteiger partial charge >= 0.3 is 0 Å². The zero-order chi connectivity index (χ0) is 16.5. The summed E-state index contributed by atoms with van der Waals surface area (Å²) < 4.78 is 1.84. The summed E-state index contributed by atoms with van der Waals surface area (Å²) in [6, 6.07) is 3.73. The van der Waals surface area contributed by atoms with Crippen LogP contribution in [0.25, 0.3) is 0 Å². The number of halogens is 2. The second kappa shape index (κ2) is 9.69. The predicted octanol–water partition coefficient (Wildman–Crippen LogP) is 4.43. The average molecular weight is 429 g/mol. The van der Waals surface area contributed by atoms with Gasteiger partial charge in [0, 0.05) is 46.6 Å². The minimum Gasteiger partial charge on any atom is -0.397 e. The molecule has 0 unspecified atom stereocenters. The topological polar surface area (TPSA) is 68.9 Å². The number of hydrogen-bond donors (Lipinski definition) is 1. The quantitative estimate of drug-likeness (QED) is 0.781. The Balaban J connectivity index is 0.000000255. The van der Waals surface area contributed by atoms with E-state index in [2.05, 4.69) is 55.7 Å². The lowest BCUT2D eigenvalue weighted by molar-refractivity contribution is -0.119. The van der Waals surface area contributed by atoms with Gasteiger partial charge in [-0.2, -0.15) is 0 Å². The normalized spacial score (nSPS) is 10.0. The predicted molar refractivity (Wildman–Crippen MR) is 96.5 cm³/mol. The molecule has 0 atom stereocenters. The Hall–Kier alpha value is -1.27. The van der Waals surface area contributed by atoms with Crippen molar-refractivity contribution in [2.24, 2.45) is 5.92 Å². The summed E-state index contributed by atoms with van der Waals surface area (Å²) in [5.74, 6) is 0.711. The van der Waals surface area contributed by atoms with Crippen LogP contribution in [0.3, 0.4) is 0 Å². The molecule has 0 aliphatic heterocycles. The van der Waals surface area contributed by atoms with Crippen molar-refractivity contribution in [1.82, 2.24) is 9.97 Å². The van der Waals surface area contributed by atoms with Gasteiger partial charge in [-0.25, -0.2) is 0 Å². The molecule has 6 heteroatoms. The van der Waals surface area contributed by atoms with E-state index in [1.165, 1.54) is 0 Å². The summed E-state index contributed by atoms with van der Waals surface area (Å²) in [6.07, 6.45) is 7.89. The molecule has 0 aromatic carbocycles. The minimum atomic E-state index is 0.278. The monoisotopic (exact) mass is 427 g/mol. The Morgan fingerprint density at radius 3 is 2.14 bits per heavy atom. The maximum Gasteiger partial charge on any atom is 0.137 e. The molecule has 4 nitrogen and oxygen atoms in total. The fourth-order valence-electron chi connectivity index (χ4n) is 1.74. The second-order valence-electron chi connectivity index (χ2n) is 5.26. The number of carbonyl (C=O) groups excluding carboxylic acids is 1. The van der Waals surface area contributed by atoms with E-state index in [0.29, 0.717) is 24.4 Å². The van der Waals surface area contributed by atoms with Crippen molar-refractivity contribution >= 4 is 43.3 Å². The van der Waals surface area contributed by atoms with Crippen LogP contribution < -0.4 is 5.73 Å². The van der Waals surface area contributed by atoms with Gasteiger partial charge in [-0.05, 0) is 55.5 Å². The van der Waals surface area contributed by atoms with Gasteiger partial charge in [-0.1, -0.05) is 13.8 Å². The Kier molecular flexibility index (Phi) is 8.27. The van der Waals surface area contributed by atoms with E-state index in [1.54, 1.807) is 30.9 Å². The number of pyridine rings is 2. The van der Waals surface area contributed by atoms with Crippen molar-refractivity contribution in [3.8, 4) is 0 Å². The fraction of sp³-hybridized carbons (Fsp3) is 0.312. The van der Waals surface area contributed by atoms with Gasteiger partial charge in [0.15, 0.2) is 0 Å². The first-order valence-corrected chi connectivity index (χ1v) is 8.42. The molecule has 0 spiro atoms. The molecule has 2 N–H and O–H groups in total. The molecule has 2 heterocycles. The van der Waals surface area contributed by atoms with E-state index in [9.17, 15) is 4.79 Å². The van der Waals surface area contributed by atoms with Gasteiger partial charge in [-0.15, -0.1) is 0 Å². The van der Waals surface area contributed by atoms with Gasteiger partial charge in [0.2, 0.25) is 0 Å². The molecule has 2 rings (SSSR count). The smallest absolute Gasteiger partial charge is 0.137 e. The number of nitrogen functional groups attached to an aromatic ring is 1. The Labute approximate surface area is 147 Å². The number of nitrogens with two attached hydrogens (primary N) is 1. The third-order valence-electron chi connectivity index (χ3n) is 2.52. The Bertz CT molecular complexity index is 601.